The molecule has 1 amide bonds. The van der Waals surface area contributed by atoms with E-state index in [-0.39, 0.29) is 36.2 Å². The Morgan fingerprint density at radius 1 is 0.891 bits per heavy atom. The minimum absolute atomic E-state index is 0.0446. The zero-order valence-electron chi connectivity index (χ0n) is 32.6. The molecule has 292 valence electrons. The molecule has 0 radical (unpaired) electrons. The SMILES string of the molecule is CCc1cc(O[C@H]2CCc3cccc(-c4cccc(-n5nc(OC(=O)Cl)c(C(=O)OCC(C)C)c5CC)n4)c32)ccc1C1CCN(C(=O)OCC(C)C)CC1. The minimum Gasteiger partial charge on any atom is -0.486 e. The van der Waals surface area contributed by atoms with Gasteiger partial charge in [0, 0.05) is 35.8 Å². The third-order valence-electron chi connectivity index (χ3n) is 10.1. The number of esters is 1. The van der Waals surface area contributed by atoms with Crippen molar-refractivity contribution in [3.05, 3.63) is 88.1 Å². The molecular formula is C43H51ClN4O7. The van der Waals surface area contributed by atoms with E-state index >= 15 is 0 Å². The van der Waals surface area contributed by atoms with Gasteiger partial charge in [0.1, 0.15) is 17.4 Å². The summed E-state index contributed by atoms with van der Waals surface area (Å²) in [6.45, 7) is 14.0. The molecule has 1 aliphatic carbocycles. The van der Waals surface area contributed by atoms with Crippen molar-refractivity contribution < 1.29 is 33.3 Å². The van der Waals surface area contributed by atoms with E-state index in [1.165, 1.54) is 21.4 Å². The first-order valence-electron chi connectivity index (χ1n) is 19.4. The molecule has 0 bridgehead atoms. The number of hydrogen-bond donors (Lipinski definition) is 0. The largest absolute Gasteiger partial charge is 0.486 e. The van der Waals surface area contributed by atoms with Crippen LogP contribution in [0.3, 0.4) is 0 Å². The second-order valence-corrected chi connectivity index (χ2v) is 15.4. The maximum Gasteiger partial charge on any atom is 0.410 e. The number of amides is 1. The summed E-state index contributed by atoms with van der Waals surface area (Å²) in [4.78, 5) is 44.4. The third kappa shape index (κ3) is 9.15. The predicted molar refractivity (Wildman–Crippen MR) is 210 cm³/mol. The lowest BCUT2D eigenvalue weighted by atomic mass is 9.86. The van der Waals surface area contributed by atoms with Crippen molar-refractivity contribution in [1.29, 1.82) is 0 Å². The Hall–Kier alpha value is -4.90. The van der Waals surface area contributed by atoms with Gasteiger partial charge in [-0.3, -0.25) is 0 Å². The van der Waals surface area contributed by atoms with Crippen molar-refractivity contribution in [2.75, 3.05) is 26.3 Å². The number of nitrogens with zero attached hydrogens (tertiary/aromatic N) is 4. The molecule has 0 saturated carbocycles. The summed E-state index contributed by atoms with van der Waals surface area (Å²) >= 11 is 5.58. The Kier molecular flexibility index (Phi) is 12.8. The van der Waals surface area contributed by atoms with Gasteiger partial charge in [-0.05, 0) is 97.2 Å². The van der Waals surface area contributed by atoms with Crippen LogP contribution in [0.4, 0.5) is 9.59 Å². The van der Waals surface area contributed by atoms with E-state index in [2.05, 4.69) is 42.4 Å². The van der Waals surface area contributed by atoms with Crippen molar-refractivity contribution in [3.8, 4) is 28.7 Å². The molecule has 2 aromatic carbocycles. The lowest BCUT2D eigenvalue weighted by Gasteiger charge is -2.32. The number of carbonyl (C=O) groups excluding carboxylic acids is 3. The number of aryl methyl sites for hydroxylation is 2. The molecule has 1 atom stereocenters. The molecule has 3 heterocycles. The standard InChI is InChI=1S/C43H51ClN4O7/c1-7-28-23-31(16-17-32(28)29-19-21-47(22-20-29)43(51)53-25-27(5)6)54-36-18-15-30-11-9-12-33(38(30)36)34-13-10-14-37(45-34)48-35(8-2)39(40(46-48)55-42(44)50)41(49)52-24-26(3)4/h9-14,16-17,23,26-27,29,36H,7-8,15,18-22,24-25H2,1-6H3/t36-/m0/s1. The molecule has 55 heavy (non-hydrogen) atoms. The van der Waals surface area contributed by atoms with Gasteiger partial charge in [0.05, 0.1) is 24.6 Å². The van der Waals surface area contributed by atoms with Crippen molar-refractivity contribution in [1.82, 2.24) is 19.7 Å². The first-order chi connectivity index (χ1) is 26.5. The first-order valence-corrected chi connectivity index (χ1v) is 19.8. The number of carbonyl (C=O) groups is 3. The van der Waals surface area contributed by atoms with Gasteiger partial charge in [-0.1, -0.05) is 71.9 Å². The minimum atomic E-state index is -1.11. The van der Waals surface area contributed by atoms with Gasteiger partial charge in [0.25, 0.3) is 5.88 Å². The Balaban J connectivity index is 1.24. The fraction of sp³-hybridized carbons (Fsp3) is 0.465. The van der Waals surface area contributed by atoms with Crippen molar-refractivity contribution in [2.45, 2.75) is 92.1 Å². The molecule has 0 spiro atoms. The molecule has 4 aromatic rings. The number of piperidine rings is 1. The Bertz CT molecular complexity index is 2020. The van der Waals surface area contributed by atoms with E-state index in [0.29, 0.717) is 55.2 Å². The molecule has 1 saturated heterocycles. The van der Waals surface area contributed by atoms with Crippen LogP contribution in [0.15, 0.2) is 54.6 Å². The van der Waals surface area contributed by atoms with Crippen LogP contribution in [-0.4, -0.2) is 63.5 Å². The normalized spacial score (nSPS) is 15.7. The molecule has 2 aliphatic rings. The predicted octanol–water partition coefficient (Wildman–Crippen LogP) is 9.65. The number of fused-ring (bicyclic) bond motifs is 1. The maximum absolute atomic E-state index is 13.2. The number of benzene rings is 2. The number of rotatable bonds is 13. The quantitative estimate of drug-likeness (QED) is 0.0966. The molecule has 2 aromatic heterocycles. The summed E-state index contributed by atoms with van der Waals surface area (Å²) in [6.07, 6.45) is 4.36. The number of aromatic nitrogens is 3. The monoisotopic (exact) mass is 770 g/mol. The number of likely N-dealkylation sites (tertiary alicyclic amines) is 1. The summed E-state index contributed by atoms with van der Waals surface area (Å²) < 4.78 is 24.5. The summed E-state index contributed by atoms with van der Waals surface area (Å²) in [5, 5.41) is 4.48. The highest BCUT2D eigenvalue weighted by Crippen LogP contribution is 2.42. The lowest BCUT2D eigenvalue weighted by molar-refractivity contribution is 0.0455. The van der Waals surface area contributed by atoms with Gasteiger partial charge >= 0.3 is 17.5 Å². The van der Waals surface area contributed by atoms with Crippen molar-refractivity contribution >= 4 is 29.1 Å². The number of halogens is 1. The van der Waals surface area contributed by atoms with Crippen LogP contribution in [0.25, 0.3) is 17.1 Å². The van der Waals surface area contributed by atoms with E-state index in [9.17, 15) is 14.4 Å². The molecule has 11 nitrogen and oxygen atoms in total. The highest BCUT2D eigenvalue weighted by atomic mass is 35.5. The van der Waals surface area contributed by atoms with Crippen LogP contribution in [0.2, 0.25) is 0 Å². The summed E-state index contributed by atoms with van der Waals surface area (Å²) in [5.41, 5.74) is 5.96. The van der Waals surface area contributed by atoms with E-state index < -0.39 is 11.4 Å². The number of pyridine rings is 1. The summed E-state index contributed by atoms with van der Waals surface area (Å²) in [5.74, 6) is 1.19. The van der Waals surface area contributed by atoms with Gasteiger partial charge in [-0.2, -0.15) is 0 Å². The van der Waals surface area contributed by atoms with Crippen LogP contribution < -0.4 is 9.47 Å². The van der Waals surface area contributed by atoms with Crippen LogP contribution in [0.5, 0.6) is 11.6 Å². The second-order valence-electron chi connectivity index (χ2n) is 15.1. The summed E-state index contributed by atoms with van der Waals surface area (Å²) in [7, 11) is 0. The van der Waals surface area contributed by atoms with Crippen LogP contribution in [0.1, 0.15) is 111 Å². The third-order valence-corrected chi connectivity index (χ3v) is 10.2. The fourth-order valence-corrected chi connectivity index (χ4v) is 7.59. The van der Waals surface area contributed by atoms with Crippen LogP contribution in [0, 0.1) is 11.8 Å². The van der Waals surface area contributed by atoms with Crippen LogP contribution in [-0.2, 0) is 28.7 Å². The zero-order valence-corrected chi connectivity index (χ0v) is 33.4. The smallest absolute Gasteiger partial charge is 0.410 e. The Labute approximate surface area is 328 Å². The van der Waals surface area contributed by atoms with E-state index in [1.807, 2.05) is 57.7 Å². The molecule has 1 fully saturated rings. The molecule has 0 N–H and O–H groups in total. The fourth-order valence-electron chi connectivity index (χ4n) is 7.51. The lowest BCUT2D eigenvalue weighted by Crippen LogP contribution is -2.38. The molecule has 0 unspecified atom stereocenters. The van der Waals surface area contributed by atoms with Gasteiger partial charge in [0.15, 0.2) is 5.82 Å². The van der Waals surface area contributed by atoms with E-state index in [1.54, 1.807) is 6.07 Å². The highest BCUT2D eigenvalue weighted by Gasteiger charge is 2.31. The average molecular weight is 771 g/mol. The maximum atomic E-state index is 13.2. The Morgan fingerprint density at radius 2 is 1.62 bits per heavy atom. The van der Waals surface area contributed by atoms with Crippen molar-refractivity contribution in [2.24, 2.45) is 11.8 Å². The van der Waals surface area contributed by atoms with Crippen molar-refractivity contribution in [3.63, 3.8) is 0 Å². The second kappa shape index (κ2) is 17.7. The molecule has 12 heteroatoms. The van der Waals surface area contributed by atoms with Gasteiger partial charge in [-0.25, -0.2) is 24.0 Å². The Morgan fingerprint density at radius 3 is 2.31 bits per heavy atom. The van der Waals surface area contributed by atoms with E-state index in [4.69, 9.17) is 35.5 Å². The topological polar surface area (TPSA) is 122 Å². The van der Waals surface area contributed by atoms with Gasteiger partial charge < -0.3 is 23.8 Å². The number of hydrogen-bond acceptors (Lipinski definition) is 9. The molecule has 1 aliphatic heterocycles. The molecule has 6 rings (SSSR count). The van der Waals surface area contributed by atoms with Crippen LogP contribution >= 0.6 is 11.6 Å². The average Bonchev–Trinajstić information content (AvgIpc) is 3.76. The molecular weight excluding hydrogens is 720 g/mol. The van der Waals surface area contributed by atoms with Gasteiger partial charge in [0.2, 0.25) is 0 Å². The first kappa shape index (κ1) is 39.8. The zero-order chi connectivity index (χ0) is 39.2. The highest BCUT2D eigenvalue weighted by molar-refractivity contribution is 6.61. The summed E-state index contributed by atoms with van der Waals surface area (Å²) in [6, 6.07) is 18.3. The van der Waals surface area contributed by atoms with Gasteiger partial charge in [-0.15, -0.1) is 5.10 Å². The number of ether oxygens (including phenoxy) is 4. The van der Waals surface area contributed by atoms with E-state index in [0.717, 1.165) is 49.0 Å².